The smallest absolute Gasteiger partial charge is 0.310 e. The number of nitrogens with zero attached hydrogens (tertiary/aromatic N) is 3. The highest BCUT2D eigenvalue weighted by Gasteiger charge is 2.28. The number of hydrogen-bond donors (Lipinski definition) is 1. The maximum absolute atomic E-state index is 12.0. The van der Waals surface area contributed by atoms with Gasteiger partial charge in [0.25, 0.3) is 0 Å². The van der Waals surface area contributed by atoms with Crippen LogP contribution < -0.4 is 5.32 Å². The molecule has 0 radical (unpaired) electrons. The number of carbonyl (C=O) groups is 1. The Kier molecular flexibility index (Phi) is 7.82. The van der Waals surface area contributed by atoms with Crippen molar-refractivity contribution >= 4 is 11.9 Å². The first kappa shape index (κ1) is 19.0. The van der Waals surface area contributed by atoms with Gasteiger partial charge in [0.2, 0.25) is 0 Å². The molecule has 0 saturated carbocycles. The molecule has 0 aliphatic carbocycles. The molecule has 2 fully saturated rings. The van der Waals surface area contributed by atoms with Gasteiger partial charge in [-0.05, 0) is 65.1 Å². The van der Waals surface area contributed by atoms with E-state index < -0.39 is 0 Å². The molecule has 1 unspecified atom stereocenters. The Morgan fingerprint density at radius 3 is 2.67 bits per heavy atom. The molecule has 2 aliphatic rings. The van der Waals surface area contributed by atoms with E-state index >= 15 is 0 Å². The molecule has 6 heteroatoms. The molecule has 138 valence electrons. The number of nitrogens with one attached hydrogen (secondary N) is 1. The van der Waals surface area contributed by atoms with Crippen molar-refractivity contribution < 1.29 is 9.53 Å². The van der Waals surface area contributed by atoms with E-state index in [0.717, 1.165) is 37.8 Å². The monoisotopic (exact) mass is 338 g/mol. The molecular formula is C18H34N4O2. The normalized spacial score (nSPS) is 24.0. The number of guanidine groups is 1. The standard InChI is InChI=1S/C18H34N4O2/c1-4-24-17(23)16-6-5-11-22(14-16)18(19-2)20-10-7-15-8-12-21(3)13-9-15/h15-16H,4-14H2,1-3H3,(H,19,20). The Balaban J connectivity index is 1.75. The van der Waals surface area contributed by atoms with Gasteiger partial charge in [-0.3, -0.25) is 9.79 Å². The predicted octanol–water partition coefficient (Wildman–Crippen LogP) is 1.57. The van der Waals surface area contributed by atoms with E-state index in [1.165, 1.54) is 32.4 Å². The Hall–Kier alpha value is -1.30. The van der Waals surface area contributed by atoms with Gasteiger partial charge in [0.1, 0.15) is 0 Å². The second kappa shape index (κ2) is 9.87. The number of esters is 1. The zero-order chi connectivity index (χ0) is 17.4. The van der Waals surface area contributed by atoms with Gasteiger partial charge >= 0.3 is 5.97 Å². The molecular weight excluding hydrogens is 304 g/mol. The van der Waals surface area contributed by atoms with Crippen molar-refractivity contribution in [1.29, 1.82) is 0 Å². The summed E-state index contributed by atoms with van der Waals surface area (Å²) >= 11 is 0. The van der Waals surface area contributed by atoms with Crippen LogP contribution >= 0.6 is 0 Å². The van der Waals surface area contributed by atoms with E-state index in [1.54, 1.807) is 0 Å². The summed E-state index contributed by atoms with van der Waals surface area (Å²) in [7, 11) is 4.03. The molecule has 6 nitrogen and oxygen atoms in total. The molecule has 1 N–H and O–H groups in total. The molecule has 0 spiro atoms. The van der Waals surface area contributed by atoms with Gasteiger partial charge in [-0.2, -0.15) is 0 Å². The van der Waals surface area contributed by atoms with E-state index in [-0.39, 0.29) is 11.9 Å². The summed E-state index contributed by atoms with van der Waals surface area (Å²) < 4.78 is 5.18. The lowest BCUT2D eigenvalue weighted by atomic mass is 9.94. The Bertz CT molecular complexity index is 419. The largest absolute Gasteiger partial charge is 0.466 e. The van der Waals surface area contributed by atoms with Crippen molar-refractivity contribution in [2.45, 2.75) is 39.0 Å². The van der Waals surface area contributed by atoms with Crippen molar-refractivity contribution in [2.75, 3.05) is 53.4 Å². The van der Waals surface area contributed by atoms with Gasteiger partial charge in [-0.1, -0.05) is 0 Å². The first-order valence-corrected chi connectivity index (χ1v) is 9.44. The van der Waals surface area contributed by atoms with Crippen LogP contribution in [0, 0.1) is 11.8 Å². The quantitative estimate of drug-likeness (QED) is 0.468. The van der Waals surface area contributed by atoms with E-state index in [4.69, 9.17) is 4.74 Å². The van der Waals surface area contributed by atoms with E-state index in [0.29, 0.717) is 13.2 Å². The maximum atomic E-state index is 12.0. The number of carbonyl (C=O) groups excluding carboxylic acids is 1. The molecule has 2 heterocycles. The minimum absolute atomic E-state index is 0.0221. The molecule has 0 aromatic rings. The SMILES string of the molecule is CCOC(=O)C1CCCN(C(=NC)NCCC2CCN(C)CC2)C1. The first-order chi connectivity index (χ1) is 11.6. The van der Waals surface area contributed by atoms with Crippen molar-refractivity contribution in [3.05, 3.63) is 0 Å². The van der Waals surface area contributed by atoms with Crippen LogP contribution in [0.4, 0.5) is 0 Å². The van der Waals surface area contributed by atoms with Gasteiger partial charge in [0.05, 0.1) is 12.5 Å². The van der Waals surface area contributed by atoms with Crippen LogP contribution in [0.3, 0.4) is 0 Å². The van der Waals surface area contributed by atoms with Crippen LogP contribution in [-0.2, 0) is 9.53 Å². The summed E-state index contributed by atoms with van der Waals surface area (Å²) in [5.74, 6) is 1.66. The third kappa shape index (κ3) is 5.65. The Morgan fingerprint density at radius 1 is 1.25 bits per heavy atom. The van der Waals surface area contributed by atoms with E-state index in [9.17, 15) is 4.79 Å². The summed E-state index contributed by atoms with van der Waals surface area (Å²) in [6.07, 6.45) is 5.72. The summed E-state index contributed by atoms with van der Waals surface area (Å²) in [4.78, 5) is 21.0. The minimum Gasteiger partial charge on any atom is -0.466 e. The van der Waals surface area contributed by atoms with Gasteiger partial charge in [0, 0.05) is 26.7 Å². The van der Waals surface area contributed by atoms with Crippen molar-refractivity contribution in [3.63, 3.8) is 0 Å². The van der Waals surface area contributed by atoms with E-state index in [2.05, 4.69) is 27.2 Å². The fourth-order valence-electron chi connectivity index (χ4n) is 3.69. The lowest BCUT2D eigenvalue weighted by molar-refractivity contribution is -0.149. The second-order valence-electron chi connectivity index (χ2n) is 7.05. The third-order valence-corrected chi connectivity index (χ3v) is 5.23. The zero-order valence-corrected chi connectivity index (χ0v) is 15.6. The molecule has 24 heavy (non-hydrogen) atoms. The number of likely N-dealkylation sites (tertiary alicyclic amines) is 2. The van der Waals surface area contributed by atoms with Gasteiger partial charge in [-0.15, -0.1) is 0 Å². The van der Waals surface area contributed by atoms with Crippen LogP contribution in [-0.4, -0.2) is 75.2 Å². The summed E-state index contributed by atoms with van der Waals surface area (Å²) in [6.45, 7) is 7.39. The molecule has 0 bridgehead atoms. The highest BCUT2D eigenvalue weighted by Crippen LogP contribution is 2.20. The second-order valence-corrected chi connectivity index (χ2v) is 7.05. The highest BCUT2D eigenvalue weighted by atomic mass is 16.5. The van der Waals surface area contributed by atoms with Crippen LogP contribution in [0.15, 0.2) is 4.99 Å². The number of ether oxygens (including phenoxy) is 1. The van der Waals surface area contributed by atoms with E-state index in [1.807, 2.05) is 14.0 Å². The summed E-state index contributed by atoms with van der Waals surface area (Å²) in [5, 5.41) is 3.50. The van der Waals surface area contributed by atoms with Crippen LogP contribution in [0.2, 0.25) is 0 Å². The fraction of sp³-hybridized carbons (Fsp3) is 0.889. The Morgan fingerprint density at radius 2 is 2.00 bits per heavy atom. The first-order valence-electron chi connectivity index (χ1n) is 9.44. The lowest BCUT2D eigenvalue weighted by Crippen LogP contribution is -2.48. The zero-order valence-electron chi connectivity index (χ0n) is 15.6. The summed E-state index contributed by atoms with van der Waals surface area (Å²) in [6, 6.07) is 0. The number of piperidine rings is 2. The molecule has 0 amide bonds. The fourth-order valence-corrected chi connectivity index (χ4v) is 3.69. The van der Waals surface area contributed by atoms with Crippen LogP contribution in [0.1, 0.15) is 39.0 Å². The molecule has 2 aliphatic heterocycles. The minimum atomic E-state index is -0.0658. The van der Waals surface area contributed by atoms with Gasteiger partial charge < -0.3 is 19.9 Å². The number of aliphatic imine (C=N–C) groups is 1. The Labute approximate surface area is 146 Å². The highest BCUT2D eigenvalue weighted by molar-refractivity contribution is 5.81. The average Bonchev–Trinajstić information content (AvgIpc) is 2.60. The topological polar surface area (TPSA) is 57.2 Å². The van der Waals surface area contributed by atoms with Gasteiger partial charge in [-0.25, -0.2) is 0 Å². The van der Waals surface area contributed by atoms with Crippen LogP contribution in [0.25, 0.3) is 0 Å². The molecule has 0 aromatic carbocycles. The van der Waals surface area contributed by atoms with Crippen molar-refractivity contribution in [3.8, 4) is 0 Å². The van der Waals surface area contributed by atoms with Crippen molar-refractivity contribution in [1.82, 2.24) is 15.1 Å². The third-order valence-electron chi connectivity index (χ3n) is 5.23. The molecule has 2 saturated heterocycles. The molecule has 0 aromatic heterocycles. The van der Waals surface area contributed by atoms with Crippen LogP contribution in [0.5, 0.6) is 0 Å². The van der Waals surface area contributed by atoms with Crippen molar-refractivity contribution in [2.24, 2.45) is 16.8 Å². The molecule has 2 rings (SSSR count). The average molecular weight is 338 g/mol. The lowest BCUT2D eigenvalue weighted by Gasteiger charge is -2.34. The summed E-state index contributed by atoms with van der Waals surface area (Å²) in [5.41, 5.74) is 0. The number of hydrogen-bond acceptors (Lipinski definition) is 4. The van der Waals surface area contributed by atoms with Gasteiger partial charge in [0.15, 0.2) is 5.96 Å². The molecule has 1 atom stereocenters. The maximum Gasteiger partial charge on any atom is 0.310 e. The number of rotatable bonds is 5. The predicted molar refractivity (Wildman–Crippen MR) is 97.1 cm³/mol.